The van der Waals surface area contributed by atoms with E-state index in [1.165, 1.54) is 0 Å². The van der Waals surface area contributed by atoms with E-state index in [0.29, 0.717) is 0 Å². The minimum atomic E-state index is -1.22. The largest absolute Gasteiger partial charge is 0.479 e. The van der Waals surface area contributed by atoms with Gasteiger partial charge in [-0.1, -0.05) is 0 Å². The highest BCUT2D eigenvalue weighted by atomic mass is 16.7. The summed E-state index contributed by atoms with van der Waals surface area (Å²) in [4.78, 5) is 22.3. The van der Waals surface area contributed by atoms with E-state index in [0.717, 1.165) is 0 Å². The molecule has 15 heavy (non-hydrogen) atoms. The molecule has 1 aliphatic heterocycles. The number of carbonyl (C=O) groups is 2. The molecule has 0 aromatic rings. The molecule has 2 N–H and O–H groups in total. The van der Waals surface area contributed by atoms with Gasteiger partial charge in [0, 0.05) is 6.04 Å². The number of aliphatic carboxylic acids is 1. The van der Waals surface area contributed by atoms with Crippen molar-refractivity contribution >= 4 is 11.9 Å². The standard InChI is InChI=1S/C9H15NO5/c1-4(2)10-8(11)6-7(9(12)13)15-5(3)14-6/h4-7H,1-3H3,(H,10,11)(H,12,13)/t5?,6-,7-/m1/s1. The lowest BCUT2D eigenvalue weighted by Gasteiger charge is -2.15. The SMILES string of the molecule is CC(C)NC(=O)[C@@H]1OC(C)O[C@H]1C(=O)O. The monoisotopic (exact) mass is 217 g/mol. The first-order chi connectivity index (χ1) is 6.91. The van der Waals surface area contributed by atoms with Gasteiger partial charge in [-0.15, -0.1) is 0 Å². The maximum absolute atomic E-state index is 11.5. The number of amides is 1. The van der Waals surface area contributed by atoms with E-state index in [2.05, 4.69) is 5.32 Å². The molecular formula is C9H15NO5. The smallest absolute Gasteiger partial charge is 0.336 e. The maximum atomic E-state index is 11.5. The van der Waals surface area contributed by atoms with Gasteiger partial charge >= 0.3 is 5.97 Å². The van der Waals surface area contributed by atoms with E-state index in [1.54, 1.807) is 20.8 Å². The van der Waals surface area contributed by atoms with E-state index in [-0.39, 0.29) is 6.04 Å². The average molecular weight is 217 g/mol. The van der Waals surface area contributed by atoms with Crippen LogP contribution in [0.2, 0.25) is 0 Å². The number of carboxylic acid groups (broad SMARTS) is 1. The summed E-state index contributed by atoms with van der Waals surface area (Å²) in [6, 6.07) is -0.0635. The average Bonchev–Trinajstić information content (AvgIpc) is 2.46. The predicted octanol–water partition coefficient (Wildman–Crippen LogP) is -0.274. The van der Waals surface area contributed by atoms with Crippen molar-refractivity contribution in [3.63, 3.8) is 0 Å². The molecular weight excluding hydrogens is 202 g/mol. The van der Waals surface area contributed by atoms with Crippen LogP contribution in [0.25, 0.3) is 0 Å². The fourth-order valence-corrected chi connectivity index (χ4v) is 1.34. The molecule has 86 valence electrons. The molecule has 1 saturated heterocycles. The Kier molecular flexibility index (Phi) is 3.65. The summed E-state index contributed by atoms with van der Waals surface area (Å²) in [6.07, 6.45) is -2.97. The van der Waals surface area contributed by atoms with Crippen LogP contribution in [0.1, 0.15) is 20.8 Å². The molecule has 6 nitrogen and oxygen atoms in total. The maximum Gasteiger partial charge on any atom is 0.336 e. The van der Waals surface area contributed by atoms with Crippen LogP contribution in [-0.2, 0) is 19.1 Å². The molecule has 0 saturated carbocycles. The van der Waals surface area contributed by atoms with Gasteiger partial charge in [-0.2, -0.15) is 0 Å². The minimum absolute atomic E-state index is 0.0635. The van der Waals surface area contributed by atoms with Gasteiger partial charge in [-0.05, 0) is 20.8 Å². The zero-order valence-corrected chi connectivity index (χ0v) is 8.89. The van der Waals surface area contributed by atoms with Crippen molar-refractivity contribution in [3.8, 4) is 0 Å². The third-order valence-corrected chi connectivity index (χ3v) is 1.88. The third-order valence-electron chi connectivity index (χ3n) is 1.88. The van der Waals surface area contributed by atoms with E-state index >= 15 is 0 Å². The third kappa shape index (κ3) is 2.90. The van der Waals surface area contributed by atoms with Gasteiger partial charge in [0.15, 0.2) is 18.5 Å². The summed E-state index contributed by atoms with van der Waals surface area (Å²) >= 11 is 0. The zero-order chi connectivity index (χ0) is 11.6. The van der Waals surface area contributed by atoms with Crippen molar-refractivity contribution in [2.75, 3.05) is 0 Å². The van der Waals surface area contributed by atoms with Crippen molar-refractivity contribution in [1.29, 1.82) is 0 Å². The lowest BCUT2D eigenvalue weighted by Crippen LogP contribution is -2.46. The van der Waals surface area contributed by atoms with Gasteiger partial charge < -0.3 is 19.9 Å². The second-order valence-corrected chi connectivity index (χ2v) is 3.68. The molecule has 1 amide bonds. The number of rotatable bonds is 3. The number of hydrogen-bond acceptors (Lipinski definition) is 4. The van der Waals surface area contributed by atoms with E-state index in [9.17, 15) is 9.59 Å². The molecule has 3 atom stereocenters. The molecule has 0 aromatic heterocycles. The van der Waals surface area contributed by atoms with Gasteiger partial charge in [0.05, 0.1) is 0 Å². The van der Waals surface area contributed by atoms with Crippen molar-refractivity contribution in [2.24, 2.45) is 0 Å². The summed E-state index contributed by atoms with van der Waals surface area (Å²) in [7, 11) is 0. The molecule has 1 unspecified atom stereocenters. The van der Waals surface area contributed by atoms with Gasteiger partial charge in [0.25, 0.3) is 5.91 Å². The van der Waals surface area contributed by atoms with E-state index < -0.39 is 30.4 Å². The van der Waals surface area contributed by atoms with Crippen LogP contribution >= 0.6 is 0 Å². The molecule has 0 aliphatic carbocycles. The zero-order valence-electron chi connectivity index (χ0n) is 8.89. The summed E-state index contributed by atoms with van der Waals surface area (Å²) in [6.45, 7) is 5.12. The highest BCUT2D eigenvalue weighted by molar-refractivity contribution is 5.88. The van der Waals surface area contributed by atoms with E-state index in [1.807, 2.05) is 0 Å². The number of ether oxygens (including phenoxy) is 2. The van der Waals surface area contributed by atoms with Gasteiger partial charge in [0.1, 0.15) is 0 Å². The molecule has 1 aliphatic rings. The van der Waals surface area contributed by atoms with Gasteiger partial charge in [-0.25, -0.2) is 4.79 Å². The van der Waals surface area contributed by atoms with Crippen LogP contribution < -0.4 is 5.32 Å². The van der Waals surface area contributed by atoms with Crippen LogP contribution in [0.15, 0.2) is 0 Å². The van der Waals surface area contributed by atoms with Crippen LogP contribution in [-0.4, -0.2) is 41.5 Å². The summed E-state index contributed by atoms with van der Waals surface area (Å²) < 4.78 is 10.0. The number of carboxylic acids is 1. The Hall–Kier alpha value is -1.14. The summed E-state index contributed by atoms with van der Waals surface area (Å²) in [5.74, 6) is -1.65. The molecule has 1 fully saturated rings. The van der Waals surface area contributed by atoms with Gasteiger partial charge in [-0.3, -0.25) is 4.79 Å². The number of carbonyl (C=O) groups excluding carboxylic acids is 1. The fraction of sp³-hybridized carbons (Fsp3) is 0.778. The van der Waals surface area contributed by atoms with Crippen molar-refractivity contribution in [2.45, 2.75) is 45.3 Å². The van der Waals surface area contributed by atoms with Gasteiger partial charge in [0.2, 0.25) is 0 Å². The highest BCUT2D eigenvalue weighted by Crippen LogP contribution is 2.19. The predicted molar refractivity (Wildman–Crippen MR) is 50.1 cm³/mol. The molecule has 0 radical (unpaired) electrons. The molecule has 6 heteroatoms. The lowest BCUT2D eigenvalue weighted by atomic mass is 10.2. The number of nitrogens with one attached hydrogen (secondary N) is 1. The van der Waals surface area contributed by atoms with E-state index in [4.69, 9.17) is 14.6 Å². The molecule has 0 spiro atoms. The van der Waals surface area contributed by atoms with Crippen LogP contribution in [0.3, 0.4) is 0 Å². The Morgan fingerprint density at radius 3 is 2.27 bits per heavy atom. The first kappa shape index (κ1) is 11.9. The van der Waals surface area contributed by atoms with Crippen molar-refractivity contribution < 1.29 is 24.2 Å². The Morgan fingerprint density at radius 1 is 1.27 bits per heavy atom. The normalized spacial score (nSPS) is 30.5. The highest BCUT2D eigenvalue weighted by Gasteiger charge is 2.43. The fourth-order valence-electron chi connectivity index (χ4n) is 1.34. The Balaban J connectivity index is 2.66. The Morgan fingerprint density at radius 2 is 1.80 bits per heavy atom. The summed E-state index contributed by atoms with van der Waals surface area (Å²) in [5, 5.41) is 11.4. The first-order valence-corrected chi connectivity index (χ1v) is 4.76. The molecule has 0 bridgehead atoms. The summed E-state index contributed by atoms with van der Waals surface area (Å²) in [5.41, 5.74) is 0. The Labute approximate surface area is 87.5 Å². The molecule has 0 aromatic carbocycles. The first-order valence-electron chi connectivity index (χ1n) is 4.76. The van der Waals surface area contributed by atoms with Crippen LogP contribution in [0.5, 0.6) is 0 Å². The van der Waals surface area contributed by atoms with Crippen LogP contribution in [0.4, 0.5) is 0 Å². The minimum Gasteiger partial charge on any atom is -0.479 e. The van der Waals surface area contributed by atoms with Crippen molar-refractivity contribution in [1.82, 2.24) is 5.32 Å². The second-order valence-electron chi connectivity index (χ2n) is 3.68. The lowest BCUT2D eigenvalue weighted by molar-refractivity contribution is -0.151. The van der Waals surface area contributed by atoms with Crippen molar-refractivity contribution in [3.05, 3.63) is 0 Å². The molecule has 1 heterocycles. The Bertz CT molecular complexity index is 265. The quantitative estimate of drug-likeness (QED) is 0.679. The number of hydrogen-bond donors (Lipinski definition) is 2. The molecule has 1 rings (SSSR count). The topological polar surface area (TPSA) is 84.9 Å². The van der Waals surface area contributed by atoms with Crippen LogP contribution in [0, 0.1) is 0 Å². The second kappa shape index (κ2) is 4.59.